The van der Waals surface area contributed by atoms with Gasteiger partial charge in [-0.2, -0.15) is 0 Å². The maximum Gasteiger partial charge on any atom is 0.309 e. The van der Waals surface area contributed by atoms with Crippen LogP contribution >= 0.6 is 0 Å². The lowest BCUT2D eigenvalue weighted by molar-refractivity contribution is -0.145. The Bertz CT molecular complexity index is 210. The van der Waals surface area contributed by atoms with Crippen molar-refractivity contribution in [2.45, 2.75) is 39.5 Å². The molecule has 94 valence electrons. The number of ether oxygens (including phenoxy) is 1. The molecule has 3 heteroatoms. The highest BCUT2D eigenvalue weighted by Crippen LogP contribution is 2.22. The Morgan fingerprint density at radius 3 is 2.56 bits per heavy atom. The van der Waals surface area contributed by atoms with Crippen molar-refractivity contribution >= 4 is 5.97 Å². The van der Waals surface area contributed by atoms with Gasteiger partial charge in [0.05, 0.1) is 13.0 Å². The van der Waals surface area contributed by atoms with Crippen molar-refractivity contribution in [2.75, 3.05) is 26.7 Å². The van der Waals surface area contributed by atoms with Crippen molar-refractivity contribution in [3.63, 3.8) is 0 Å². The zero-order valence-corrected chi connectivity index (χ0v) is 10.9. The van der Waals surface area contributed by atoms with E-state index in [1.54, 1.807) is 0 Å². The minimum atomic E-state index is -0.0873. The van der Waals surface area contributed by atoms with Gasteiger partial charge in [-0.3, -0.25) is 4.79 Å². The van der Waals surface area contributed by atoms with Crippen LogP contribution in [0.2, 0.25) is 0 Å². The molecule has 0 bridgehead atoms. The molecule has 0 radical (unpaired) electrons. The van der Waals surface area contributed by atoms with Crippen LogP contribution in [0.1, 0.15) is 39.5 Å². The van der Waals surface area contributed by atoms with Gasteiger partial charge in [0.15, 0.2) is 0 Å². The number of hydrogen-bond donors (Lipinski definition) is 0. The first kappa shape index (κ1) is 13.5. The Morgan fingerprint density at radius 1 is 1.44 bits per heavy atom. The molecule has 0 spiro atoms. The van der Waals surface area contributed by atoms with E-state index < -0.39 is 0 Å². The molecule has 1 rings (SSSR count). The van der Waals surface area contributed by atoms with Crippen LogP contribution in [0.5, 0.6) is 0 Å². The summed E-state index contributed by atoms with van der Waals surface area (Å²) in [7, 11) is 1.46. The zero-order valence-electron chi connectivity index (χ0n) is 10.9. The fourth-order valence-corrected chi connectivity index (χ4v) is 2.53. The second-order valence-corrected chi connectivity index (χ2v) is 4.96. The lowest BCUT2D eigenvalue weighted by atomic mass is 9.92. The van der Waals surface area contributed by atoms with E-state index in [9.17, 15) is 4.79 Å². The normalized spacial score (nSPS) is 20.7. The van der Waals surface area contributed by atoms with Crippen LogP contribution in [0.15, 0.2) is 0 Å². The number of methoxy groups -OCH3 is 1. The molecule has 0 N–H and O–H groups in total. The molecule has 0 aliphatic carbocycles. The molecule has 1 saturated heterocycles. The van der Waals surface area contributed by atoms with E-state index in [4.69, 9.17) is 4.74 Å². The zero-order chi connectivity index (χ0) is 12.0. The highest BCUT2D eigenvalue weighted by molar-refractivity contribution is 5.72. The molecule has 3 nitrogen and oxygen atoms in total. The third kappa shape index (κ3) is 4.12. The van der Waals surface area contributed by atoms with Crippen LogP contribution in [0.3, 0.4) is 0 Å². The Balaban J connectivity index is 2.24. The summed E-state index contributed by atoms with van der Waals surface area (Å²) >= 11 is 0. The fraction of sp³-hybridized carbons (Fsp3) is 0.923. The van der Waals surface area contributed by atoms with E-state index in [-0.39, 0.29) is 11.9 Å². The smallest absolute Gasteiger partial charge is 0.309 e. The molecule has 1 fully saturated rings. The van der Waals surface area contributed by atoms with Gasteiger partial charge in [-0.05, 0) is 31.8 Å². The van der Waals surface area contributed by atoms with Gasteiger partial charge in [-0.25, -0.2) is 0 Å². The third-order valence-corrected chi connectivity index (χ3v) is 3.54. The van der Waals surface area contributed by atoms with E-state index in [1.165, 1.54) is 32.8 Å². The van der Waals surface area contributed by atoms with Gasteiger partial charge < -0.3 is 9.64 Å². The first-order valence-corrected chi connectivity index (χ1v) is 6.47. The van der Waals surface area contributed by atoms with Crippen molar-refractivity contribution in [2.24, 2.45) is 11.8 Å². The Labute approximate surface area is 99.1 Å². The number of likely N-dealkylation sites (tertiary alicyclic amines) is 1. The number of rotatable bonds is 5. The predicted octanol–water partition coefficient (Wildman–Crippen LogP) is 2.31. The topological polar surface area (TPSA) is 29.5 Å². The van der Waals surface area contributed by atoms with Crippen molar-refractivity contribution in [3.05, 3.63) is 0 Å². The van der Waals surface area contributed by atoms with Gasteiger partial charge in [0.25, 0.3) is 0 Å². The molecule has 1 unspecified atom stereocenters. The minimum absolute atomic E-state index is 0.00715. The molecule has 1 heterocycles. The highest BCUT2D eigenvalue weighted by Gasteiger charge is 2.22. The maximum atomic E-state index is 11.3. The van der Waals surface area contributed by atoms with Gasteiger partial charge in [0, 0.05) is 6.54 Å². The molecule has 0 aromatic rings. The summed E-state index contributed by atoms with van der Waals surface area (Å²) in [5.74, 6) is 0.832. The average Bonchev–Trinajstić information content (AvgIpc) is 2.31. The average molecular weight is 227 g/mol. The first-order valence-electron chi connectivity index (χ1n) is 6.47. The van der Waals surface area contributed by atoms with Crippen LogP contribution in [0, 0.1) is 11.8 Å². The quantitative estimate of drug-likeness (QED) is 0.675. The van der Waals surface area contributed by atoms with E-state index in [0.717, 1.165) is 25.6 Å². The first-order chi connectivity index (χ1) is 7.67. The molecule has 0 saturated carbocycles. The Hall–Kier alpha value is -0.570. The fourth-order valence-electron chi connectivity index (χ4n) is 2.53. The Morgan fingerprint density at radius 2 is 2.06 bits per heavy atom. The summed E-state index contributed by atoms with van der Waals surface area (Å²) in [6, 6.07) is 0. The standard InChI is InChI=1S/C13H25NO2/c1-4-5-12-6-8-14(9-7-12)10-11(2)13(15)16-3/h11-12H,4-10H2,1-3H3. The molecule has 1 aliphatic heterocycles. The summed E-state index contributed by atoms with van der Waals surface area (Å²) < 4.78 is 4.75. The van der Waals surface area contributed by atoms with Gasteiger partial charge in [-0.1, -0.05) is 26.7 Å². The molecule has 0 amide bonds. The van der Waals surface area contributed by atoms with E-state index >= 15 is 0 Å². The Kier molecular flexibility index (Phi) is 5.81. The maximum absolute atomic E-state index is 11.3. The van der Waals surface area contributed by atoms with Crippen molar-refractivity contribution in [1.82, 2.24) is 4.90 Å². The molecule has 16 heavy (non-hydrogen) atoms. The number of esters is 1. The van der Waals surface area contributed by atoms with Gasteiger partial charge in [0.2, 0.25) is 0 Å². The van der Waals surface area contributed by atoms with Crippen molar-refractivity contribution in [1.29, 1.82) is 0 Å². The molecular formula is C13H25NO2. The predicted molar refractivity (Wildman–Crippen MR) is 65.3 cm³/mol. The van der Waals surface area contributed by atoms with E-state index in [1.807, 2.05) is 6.92 Å². The van der Waals surface area contributed by atoms with E-state index in [0.29, 0.717) is 0 Å². The summed E-state index contributed by atoms with van der Waals surface area (Å²) in [6.45, 7) is 7.35. The summed E-state index contributed by atoms with van der Waals surface area (Å²) in [6.07, 6.45) is 5.24. The molecule has 0 aromatic carbocycles. The van der Waals surface area contributed by atoms with Crippen LogP contribution in [-0.4, -0.2) is 37.6 Å². The summed E-state index contributed by atoms with van der Waals surface area (Å²) in [5.41, 5.74) is 0. The number of carbonyl (C=O) groups is 1. The number of nitrogens with zero attached hydrogens (tertiary/aromatic N) is 1. The van der Waals surface area contributed by atoms with Gasteiger partial charge >= 0.3 is 5.97 Å². The summed E-state index contributed by atoms with van der Waals surface area (Å²) in [5, 5.41) is 0. The lowest BCUT2D eigenvalue weighted by Gasteiger charge is -2.32. The number of hydrogen-bond acceptors (Lipinski definition) is 3. The van der Waals surface area contributed by atoms with Crippen LogP contribution in [-0.2, 0) is 9.53 Å². The summed E-state index contributed by atoms with van der Waals surface area (Å²) in [4.78, 5) is 13.7. The third-order valence-electron chi connectivity index (χ3n) is 3.54. The van der Waals surface area contributed by atoms with Gasteiger partial charge in [0.1, 0.15) is 0 Å². The molecule has 1 aliphatic rings. The minimum Gasteiger partial charge on any atom is -0.469 e. The second kappa shape index (κ2) is 6.89. The highest BCUT2D eigenvalue weighted by atomic mass is 16.5. The molecular weight excluding hydrogens is 202 g/mol. The second-order valence-electron chi connectivity index (χ2n) is 4.96. The largest absolute Gasteiger partial charge is 0.469 e. The van der Waals surface area contributed by atoms with Gasteiger partial charge in [-0.15, -0.1) is 0 Å². The monoisotopic (exact) mass is 227 g/mol. The van der Waals surface area contributed by atoms with Crippen LogP contribution < -0.4 is 0 Å². The van der Waals surface area contributed by atoms with Crippen LogP contribution in [0.4, 0.5) is 0 Å². The van der Waals surface area contributed by atoms with Crippen molar-refractivity contribution in [3.8, 4) is 0 Å². The van der Waals surface area contributed by atoms with Crippen LogP contribution in [0.25, 0.3) is 0 Å². The SMILES string of the molecule is CCCC1CCN(CC(C)C(=O)OC)CC1. The number of piperidine rings is 1. The molecule has 1 atom stereocenters. The lowest BCUT2D eigenvalue weighted by Crippen LogP contribution is -2.38. The number of carbonyl (C=O) groups excluding carboxylic acids is 1. The van der Waals surface area contributed by atoms with E-state index in [2.05, 4.69) is 11.8 Å². The van der Waals surface area contributed by atoms with Crippen molar-refractivity contribution < 1.29 is 9.53 Å². The molecule has 0 aromatic heterocycles.